The van der Waals surface area contributed by atoms with Crippen molar-refractivity contribution in [2.45, 2.75) is 20.5 Å². The molecule has 1 atom stereocenters. The van der Waals surface area contributed by atoms with Gasteiger partial charge in [-0.05, 0) is 36.2 Å². The molecule has 0 amide bonds. The van der Waals surface area contributed by atoms with Gasteiger partial charge in [0.2, 0.25) is 0 Å². The average molecular weight is 257 g/mol. The highest BCUT2D eigenvalue weighted by molar-refractivity contribution is 5.84. The van der Waals surface area contributed by atoms with Crippen molar-refractivity contribution in [2.24, 2.45) is 5.16 Å². The van der Waals surface area contributed by atoms with Crippen molar-refractivity contribution >= 4 is 6.21 Å². The maximum absolute atomic E-state index is 12.9. The summed E-state index contributed by atoms with van der Waals surface area (Å²) >= 11 is 0. The zero-order chi connectivity index (χ0) is 12.5. The second kappa shape index (κ2) is 5.22. The normalized spacial score (nSPS) is 16.2. The Morgan fingerprint density at radius 3 is 2.47 bits per heavy atom. The molecule has 1 aliphatic heterocycles. The molecule has 2 nitrogen and oxygen atoms in total. The lowest BCUT2D eigenvalue weighted by molar-refractivity contribution is 0.0696. The van der Waals surface area contributed by atoms with Crippen molar-refractivity contribution in [1.82, 2.24) is 0 Å². The first kappa shape index (κ1) is 13.3. The third kappa shape index (κ3) is 2.50. The third-order valence-electron chi connectivity index (χ3n) is 3.11. The van der Waals surface area contributed by atoms with Crippen LogP contribution in [0.3, 0.4) is 0 Å². The van der Waals surface area contributed by atoms with Gasteiger partial charge in [0.1, 0.15) is 11.9 Å². The van der Waals surface area contributed by atoms with E-state index in [2.05, 4.69) is 11.2 Å². The number of halogens is 1. The number of benzene rings is 2. The smallest absolute Gasteiger partial charge is 0.150 e. The maximum Gasteiger partial charge on any atom is 0.150 e. The summed E-state index contributed by atoms with van der Waals surface area (Å²) in [5, 5.41) is 3.84. The summed E-state index contributed by atoms with van der Waals surface area (Å²) in [5.41, 5.74) is 4.22. The van der Waals surface area contributed by atoms with Crippen LogP contribution in [0.1, 0.15) is 31.6 Å². The summed E-state index contributed by atoms with van der Waals surface area (Å²) in [6, 6.07) is 12.6. The molecule has 0 saturated carbocycles. The van der Waals surface area contributed by atoms with Gasteiger partial charge in [0, 0.05) is 11.1 Å². The first-order valence-corrected chi connectivity index (χ1v) is 5.83. The van der Waals surface area contributed by atoms with Gasteiger partial charge in [0.15, 0.2) is 0 Å². The lowest BCUT2D eigenvalue weighted by atomic mass is 9.96. The molecular formula is C16H16FNO. The fourth-order valence-electron chi connectivity index (χ4n) is 2.10. The summed E-state index contributed by atoms with van der Waals surface area (Å²) in [6.45, 7) is 1.96. The van der Waals surface area contributed by atoms with Crippen LogP contribution >= 0.6 is 0 Å². The molecule has 98 valence electrons. The molecule has 0 aromatic heterocycles. The predicted octanol–water partition coefficient (Wildman–Crippen LogP) is 4.55. The van der Waals surface area contributed by atoms with Gasteiger partial charge in [-0.2, -0.15) is 0 Å². The topological polar surface area (TPSA) is 21.6 Å². The monoisotopic (exact) mass is 257 g/mol. The quantitative estimate of drug-likeness (QED) is 0.734. The molecule has 2 aromatic carbocycles. The molecule has 1 aliphatic rings. The SMILES string of the molecule is C.CC1ON=Cc2ccc(-c3ccc(F)cc3)cc21. The van der Waals surface area contributed by atoms with Crippen LogP contribution in [-0.4, -0.2) is 6.21 Å². The summed E-state index contributed by atoms with van der Waals surface area (Å²) in [6.07, 6.45) is 1.66. The largest absolute Gasteiger partial charge is 0.388 e. The van der Waals surface area contributed by atoms with E-state index in [0.29, 0.717) is 0 Å². The van der Waals surface area contributed by atoms with Gasteiger partial charge in [0.25, 0.3) is 0 Å². The van der Waals surface area contributed by atoms with Crippen molar-refractivity contribution in [3.8, 4) is 11.1 Å². The molecule has 0 saturated heterocycles. The summed E-state index contributed by atoms with van der Waals surface area (Å²) in [7, 11) is 0. The van der Waals surface area contributed by atoms with Gasteiger partial charge >= 0.3 is 0 Å². The van der Waals surface area contributed by atoms with E-state index in [4.69, 9.17) is 4.84 Å². The first-order valence-electron chi connectivity index (χ1n) is 5.83. The van der Waals surface area contributed by atoms with E-state index in [1.54, 1.807) is 18.3 Å². The Morgan fingerprint density at radius 1 is 1.05 bits per heavy atom. The molecule has 1 heterocycles. The minimum Gasteiger partial charge on any atom is -0.388 e. The van der Waals surface area contributed by atoms with E-state index in [0.717, 1.165) is 22.3 Å². The molecule has 3 heteroatoms. The molecule has 0 spiro atoms. The van der Waals surface area contributed by atoms with Gasteiger partial charge < -0.3 is 4.84 Å². The van der Waals surface area contributed by atoms with Crippen molar-refractivity contribution in [3.05, 3.63) is 59.4 Å². The van der Waals surface area contributed by atoms with E-state index >= 15 is 0 Å². The molecule has 2 aromatic rings. The van der Waals surface area contributed by atoms with Crippen LogP contribution in [0.4, 0.5) is 4.39 Å². The molecular weight excluding hydrogens is 241 g/mol. The third-order valence-corrected chi connectivity index (χ3v) is 3.11. The molecule has 0 fully saturated rings. The molecule has 0 bridgehead atoms. The van der Waals surface area contributed by atoms with Gasteiger partial charge in [0.05, 0.1) is 6.21 Å². The van der Waals surface area contributed by atoms with Crippen molar-refractivity contribution in [1.29, 1.82) is 0 Å². The predicted molar refractivity (Wildman–Crippen MR) is 75.7 cm³/mol. The fraction of sp³-hybridized carbons (Fsp3) is 0.188. The minimum atomic E-state index is -0.222. The molecule has 0 radical (unpaired) electrons. The number of hydrogen-bond acceptors (Lipinski definition) is 2. The molecule has 19 heavy (non-hydrogen) atoms. The van der Waals surface area contributed by atoms with Crippen molar-refractivity contribution < 1.29 is 9.23 Å². The Hall–Kier alpha value is -2.16. The van der Waals surface area contributed by atoms with Gasteiger partial charge in [-0.1, -0.05) is 36.8 Å². The lowest BCUT2D eigenvalue weighted by Crippen LogP contribution is -2.06. The second-order valence-electron chi connectivity index (χ2n) is 4.33. The highest BCUT2D eigenvalue weighted by atomic mass is 19.1. The number of hydrogen-bond donors (Lipinski definition) is 0. The molecule has 0 N–H and O–H groups in total. The number of rotatable bonds is 1. The maximum atomic E-state index is 12.9. The summed E-state index contributed by atoms with van der Waals surface area (Å²) in [5.74, 6) is -0.222. The average Bonchev–Trinajstić information content (AvgIpc) is 2.40. The van der Waals surface area contributed by atoms with Crippen LogP contribution < -0.4 is 0 Å². The zero-order valence-electron chi connectivity index (χ0n) is 9.93. The number of nitrogens with zero attached hydrogens (tertiary/aromatic N) is 1. The van der Waals surface area contributed by atoms with E-state index in [-0.39, 0.29) is 19.3 Å². The van der Waals surface area contributed by atoms with Crippen LogP contribution in [-0.2, 0) is 4.84 Å². The second-order valence-corrected chi connectivity index (χ2v) is 4.33. The Kier molecular flexibility index (Phi) is 3.65. The van der Waals surface area contributed by atoms with Crippen molar-refractivity contribution in [3.63, 3.8) is 0 Å². The first-order chi connectivity index (χ1) is 8.74. The van der Waals surface area contributed by atoms with Gasteiger partial charge in [-0.3, -0.25) is 0 Å². The van der Waals surface area contributed by atoms with E-state index < -0.39 is 0 Å². The van der Waals surface area contributed by atoms with Crippen molar-refractivity contribution in [2.75, 3.05) is 0 Å². The molecule has 0 aliphatic carbocycles. The van der Waals surface area contributed by atoms with Crippen LogP contribution in [0.5, 0.6) is 0 Å². The Labute approximate surface area is 112 Å². The number of oxime groups is 1. The van der Waals surface area contributed by atoms with E-state index in [1.165, 1.54) is 12.1 Å². The van der Waals surface area contributed by atoms with Gasteiger partial charge in [-0.15, -0.1) is 0 Å². The van der Waals surface area contributed by atoms with Gasteiger partial charge in [-0.25, -0.2) is 4.39 Å². The van der Waals surface area contributed by atoms with Crippen LogP contribution in [0, 0.1) is 5.82 Å². The lowest BCUT2D eigenvalue weighted by Gasteiger charge is -2.18. The van der Waals surface area contributed by atoms with Crippen LogP contribution in [0.15, 0.2) is 47.6 Å². The molecule has 3 rings (SSSR count). The Morgan fingerprint density at radius 2 is 1.74 bits per heavy atom. The van der Waals surface area contributed by atoms with Crippen LogP contribution in [0.25, 0.3) is 11.1 Å². The molecule has 1 unspecified atom stereocenters. The highest BCUT2D eigenvalue weighted by Gasteiger charge is 2.15. The summed E-state index contributed by atoms with van der Waals surface area (Å²) < 4.78 is 12.9. The highest BCUT2D eigenvalue weighted by Crippen LogP contribution is 2.29. The van der Waals surface area contributed by atoms with Crippen LogP contribution in [0.2, 0.25) is 0 Å². The van der Waals surface area contributed by atoms with E-state index in [9.17, 15) is 4.39 Å². The van der Waals surface area contributed by atoms with E-state index in [1.807, 2.05) is 19.1 Å². The summed E-state index contributed by atoms with van der Waals surface area (Å²) in [4.78, 5) is 5.22. The Balaban J connectivity index is 0.00000133. The Bertz CT molecular complexity index is 605. The minimum absolute atomic E-state index is 0. The number of fused-ring (bicyclic) bond motifs is 1. The zero-order valence-corrected chi connectivity index (χ0v) is 9.93. The standard InChI is InChI=1S/C15H12FNO.CH4/c1-10-15-8-12(2-3-13(15)9-17-18-10)11-4-6-14(16)7-5-11;/h2-10H,1H3;1H4. The fourth-order valence-corrected chi connectivity index (χ4v) is 2.10.